The maximum absolute atomic E-state index is 11.1. The first kappa shape index (κ1) is 15.0. The van der Waals surface area contributed by atoms with Gasteiger partial charge in [0.15, 0.2) is 5.94 Å². The molecule has 5 nitrogen and oxygen atoms in total. The van der Waals surface area contributed by atoms with Crippen molar-refractivity contribution in [3.05, 3.63) is 35.5 Å². The summed E-state index contributed by atoms with van der Waals surface area (Å²) < 4.78 is 0. The second-order valence-electron chi connectivity index (χ2n) is 4.21. The lowest BCUT2D eigenvalue weighted by atomic mass is 10.2. The highest BCUT2D eigenvalue weighted by molar-refractivity contribution is 5.98. The van der Waals surface area contributed by atoms with E-state index in [1.807, 2.05) is 26.0 Å². The zero-order valence-electron chi connectivity index (χ0n) is 11.2. The fraction of sp³-hybridized carbons (Fsp3) is 0.357. The summed E-state index contributed by atoms with van der Waals surface area (Å²) in [5, 5.41) is 10.0. The summed E-state index contributed by atoms with van der Waals surface area (Å²) in [6.45, 7) is 5.62. The number of aryl methyl sites for hydroxylation is 1. The summed E-state index contributed by atoms with van der Waals surface area (Å²) in [6.07, 6.45) is 0.470. The Morgan fingerprint density at radius 2 is 2.00 bits per heavy atom. The van der Waals surface area contributed by atoms with Gasteiger partial charge in [0, 0.05) is 0 Å². The standard InChI is InChI=1S/C14H17NO4/c1-4-11(3)19-15(13(9-16)14(17)18)12-7-5-10(2)6-8-12/h5-8,11H,4H2,1-3H3,(H,17,18). The van der Waals surface area contributed by atoms with E-state index in [2.05, 4.69) is 0 Å². The minimum absolute atomic E-state index is 0.219. The average Bonchev–Trinajstić information content (AvgIpc) is 2.38. The Balaban J connectivity index is 3.15. The van der Waals surface area contributed by atoms with Crippen LogP contribution in [-0.4, -0.2) is 23.1 Å². The predicted molar refractivity (Wildman–Crippen MR) is 71.3 cm³/mol. The van der Waals surface area contributed by atoms with Gasteiger partial charge in [-0.15, -0.1) is 0 Å². The Bertz CT molecular complexity index is 489. The molecule has 1 atom stereocenters. The van der Waals surface area contributed by atoms with Gasteiger partial charge in [-0.05, 0) is 32.4 Å². The molecular weight excluding hydrogens is 246 g/mol. The average molecular weight is 263 g/mol. The Morgan fingerprint density at radius 1 is 1.42 bits per heavy atom. The Hall–Kier alpha value is -2.10. The normalized spacial score (nSPS) is 11.5. The molecule has 0 saturated carbocycles. The zero-order valence-corrected chi connectivity index (χ0v) is 11.2. The van der Waals surface area contributed by atoms with Crippen molar-refractivity contribution in [1.82, 2.24) is 0 Å². The van der Waals surface area contributed by atoms with Crippen molar-refractivity contribution in [2.24, 2.45) is 0 Å². The number of benzene rings is 1. The van der Waals surface area contributed by atoms with Gasteiger partial charge in [-0.3, -0.25) is 4.84 Å². The van der Waals surface area contributed by atoms with Crippen LogP contribution in [-0.2, 0) is 14.4 Å². The van der Waals surface area contributed by atoms with Crippen LogP contribution in [0.2, 0.25) is 0 Å². The number of carboxylic acids is 1. The van der Waals surface area contributed by atoms with Gasteiger partial charge in [0.25, 0.3) is 0 Å². The number of rotatable bonds is 6. The van der Waals surface area contributed by atoms with E-state index >= 15 is 0 Å². The number of hydrogen-bond acceptors (Lipinski definition) is 4. The largest absolute Gasteiger partial charge is 0.476 e. The van der Waals surface area contributed by atoms with Crippen LogP contribution in [0.15, 0.2) is 30.0 Å². The number of carboxylic acid groups (broad SMARTS) is 1. The van der Waals surface area contributed by atoms with Gasteiger partial charge in [-0.2, -0.15) is 0 Å². The topological polar surface area (TPSA) is 66.8 Å². The maximum Gasteiger partial charge on any atom is 0.366 e. The molecule has 0 aliphatic rings. The Kier molecular flexibility index (Phi) is 5.30. The van der Waals surface area contributed by atoms with Crippen LogP contribution < -0.4 is 5.06 Å². The molecule has 1 unspecified atom stereocenters. The highest BCUT2D eigenvalue weighted by atomic mass is 16.7. The molecule has 0 heterocycles. The van der Waals surface area contributed by atoms with E-state index in [1.54, 1.807) is 19.1 Å². The molecule has 0 fully saturated rings. The third kappa shape index (κ3) is 3.95. The highest BCUT2D eigenvalue weighted by Crippen LogP contribution is 2.21. The van der Waals surface area contributed by atoms with Gasteiger partial charge in [-0.1, -0.05) is 24.6 Å². The van der Waals surface area contributed by atoms with Gasteiger partial charge < -0.3 is 5.11 Å². The lowest BCUT2D eigenvalue weighted by molar-refractivity contribution is -0.133. The van der Waals surface area contributed by atoms with Crippen molar-refractivity contribution in [2.75, 3.05) is 5.06 Å². The first-order chi connectivity index (χ1) is 8.99. The van der Waals surface area contributed by atoms with Crippen molar-refractivity contribution in [2.45, 2.75) is 33.3 Å². The van der Waals surface area contributed by atoms with E-state index in [0.29, 0.717) is 12.1 Å². The first-order valence-electron chi connectivity index (χ1n) is 6.01. The minimum atomic E-state index is -1.38. The summed E-state index contributed by atoms with van der Waals surface area (Å²) in [7, 11) is 0. The van der Waals surface area contributed by atoms with Gasteiger partial charge >= 0.3 is 5.97 Å². The van der Waals surface area contributed by atoms with Crippen LogP contribution in [0.25, 0.3) is 0 Å². The molecule has 19 heavy (non-hydrogen) atoms. The molecule has 0 amide bonds. The third-order valence-corrected chi connectivity index (χ3v) is 2.63. The quantitative estimate of drug-likeness (QED) is 0.484. The van der Waals surface area contributed by atoms with Gasteiger partial charge in [-0.25, -0.2) is 14.7 Å². The van der Waals surface area contributed by atoms with Crippen molar-refractivity contribution < 1.29 is 19.5 Å². The predicted octanol–water partition coefficient (Wildman–Crippen LogP) is 2.33. The van der Waals surface area contributed by atoms with Crippen LogP contribution >= 0.6 is 0 Å². The van der Waals surface area contributed by atoms with Crippen LogP contribution in [0.1, 0.15) is 25.8 Å². The number of hydrogen-bond donors (Lipinski definition) is 1. The lowest BCUT2D eigenvalue weighted by Gasteiger charge is -2.25. The van der Waals surface area contributed by atoms with Gasteiger partial charge in [0.1, 0.15) is 0 Å². The van der Waals surface area contributed by atoms with Gasteiger partial charge in [0.2, 0.25) is 5.70 Å². The first-order valence-corrected chi connectivity index (χ1v) is 6.01. The summed E-state index contributed by atoms with van der Waals surface area (Å²) in [5.41, 5.74) is 0.940. The van der Waals surface area contributed by atoms with E-state index in [9.17, 15) is 9.59 Å². The number of carbonyl (C=O) groups is 1. The summed E-state index contributed by atoms with van der Waals surface area (Å²) in [4.78, 5) is 27.4. The van der Waals surface area contributed by atoms with Crippen LogP contribution in [0.4, 0.5) is 5.69 Å². The Labute approximate surface area is 112 Å². The lowest BCUT2D eigenvalue weighted by Crippen LogP contribution is -2.31. The minimum Gasteiger partial charge on any atom is -0.476 e. The molecule has 0 saturated heterocycles. The fourth-order valence-electron chi connectivity index (χ4n) is 1.35. The number of nitrogens with zero attached hydrogens (tertiary/aromatic N) is 1. The molecule has 0 spiro atoms. The maximum atomic E-state index is 11.1. The van der Waals surface area contributed by atoms with Crippen molar-refractivity contribution >= 4 is 17.6 Å². The Morgan fingerprint density at radius 3 is 2.42 bits per heavy atom. The molecule has 1 aromatic carbocycles. The van der Waals surface area contributed by atoms with Crippen molar-refractivity contribution in [1.29, 1.82) is 0 Å². The molecule has 0 aliphatic carbocycles. The van der Waals surface area contributed by atoms with Crippen molar-refractivity contribution in [3.8, 4) is 0 Å². The van der Waals surface area contributed by atoms with E-state index in [4.69, 9.17) is 9.94 Å². The van der Waals surface area contributed by atoms with E-state index in [-0.39, 0.29) is 6.10 Å². The summed E-state index contributed by atoms with van der Waals surface area (Å²) in [5.74, 6) is 0.0362. The molecular formula is C14H17NO4. The van der Waals surface area contributed by atoms with Crippen LogP contribution in [0.5, 0.6) is 0 Å². The van der Waals surface area contributed by atoms with Crippen LogP contribution in [0, 0.1) is 6.92 Å². The molecule has 1 N–H and O–H groups in total. The number of hydroxylamine groups is 1. The molecule has 0 aromatic heterocycles. The molecule has 0 aliphatic heterocycles. The zero-order chi connectivity index (χ0) is 14.4. The summed E-state index contributed by atoms with van der Waals surface area (Å²) >= 11 is 0. The molecule has 5 heteroatoms. The number of aliphatic carboxylic acids is 1. The molecule has 102 valence electrons. The molecule has 1 aromatic rings. The van der Waals surface area contributed by atoms with E-state index in [1.165, 1.54) is 5.94 Å². The smallest absolute Gasteiger partial charge is 0.366 e. The monoisotopic (exact) mass is 263 g/mol. The van der Waals surface area contributed by atoms with Gasteiger partial charge in [0.05, 0.1) is 11.8 Å². The second kappa shape index (κ2) is 6.73. The second-order valence-corrected chi connectivity index (χ2v) is 4.21. The number of anilines is 1. The van der Waals surface area contributed by atoms with E-state index < -0.39 is 11.7 Å². The van der Waals surface area contributed by atoms with Crippen molar-refractivity contribution in [3.63, 3.8) is 0 Å². The summed E-state index contributed by atoms with van der Waals surface area (Å²) in [6, 6.07) is 7.01. The third-order valence-electron chi connectivity index (χ3n) is 2.63. The highest BCUT2D eigenvalue weighted by Gasteiger charge is 2.22. The fourth-order valence-corrected chi connectivity index (χ4v) is 1.35. The SMILES string of the molecule is CCC(C)ON(C(=C=O)C(=O)O)c1ccc(C)cc1. The van der Waals surface area contributed by atoms with Crippen LogP contribution in [0.3, 0.4) is 0 Å². The number of carbonyl (C=O) groups excluding carboxylic acids is 1. The molecule has 0 bridgehead atoms. The molecule has 1 rings (SSSR count). The van der Waals surface area contributed by atoms with E-state index in [0.717, 1.165) is 10.6 Å². The molecule has 0 radical (unpaired) electrons.